The van der Waals surface area contributed by atoms with E-state index in [0.29, 0.717) is 29.9 Å². The summed E-state index contributed by atoms with van der Waals surface area (Å²) in [6.45, 7) is 0.223. The van der Waals surface area contributed by atoms with Crippen molar-refractivity contribution in [3.63, 3.8) is 0 Å². The fourth-order valence-electron chi connectivity index (χ4n) is 2.00. The summed E-state index contributed by atoms with van der Waals surface area (Å²) in [6.07, 6.45) is 2.82. The number of nitrogens with zero attached hydrogens (tertiary/aromatic N) is 1. The first-order chi connectivity index (χ1) is 9.33. The highest BCUT2D eigenvalue weighted by Crippen LogP contribution is 2.32. The van der Waals surface area contributed by atoms with Crippen molar-refractivity contribution in [2.75, 3.05) is 6.79 Å². The topological polar surface area (TPSA) is 48.4 Å². The minimum atomic E-state index is 0.0870. The van der Waals surface area contributed by atoms with Crippen LogP contribution < -0.4 is 9.47 Å². The molecule has 0 N–H and O–H groups in total. The van der Waals surface area contributed by atoms with E-state index in [4.69, 9.17) is 9.47 Å². The first-order valence-electron chi connectivity index (χ1n) is 6.16. The second-order valence-corrected chi connectivity index (χ2v) is 4.31. The highest BCUT2D eigenvalue weighted by molar-refractivity contribution is 5.96. The number of hydrogen-bond acceptors (Lipinski definition) is 4. The quantitative estimate of drug-likeness (QED) is 0.788. The number of carbonyl (C=O) groups excluding carboxylic acids is 1. The maximum absolute atomic E-state index is 12.1. The fraction of sp³-hybridized carbons (Fsp3) is 0.200. The number of Topliss-reactive ketones (excluding diaryl/α,β-unsaturated/α-hetero) is 1. The number of aromatic nitrogens is 1. The van der Waals surface area contributed by atoms with Crippen LogP contribution in [0.5, 0.6) is 11.5 Å². The lowest BCUT2D eigenvalue weighted by Crippen LogP contribution is -2.02. The number of pyridine rings is 1. The number of hydrogen-bond donors (Lipinski definition) is 0. The van der Waals surface area contributed by atoms with Crippen molar-refractivity contribution in [2.45, 2.75) is 12.8 Å². The van der Waals surface area contributed by atoms with Crippen LogP contribution in [0.25, 0.3) is 0 Å². The van der Waals surface area contributed by atoms with Crippen molar-refractivity contribution >= 4 is 5.78 Å². The van der Waals surface area contributed by atoms with Gasteiger partial charge in [0.2, 0.25) is 6.79 Å². The number of aryl methyl sites for hydroxylation is 1. The van der Waals surface area contributed by atoms with Gasteiger partial charge in [-0.15, -0.1) is 0 Å². The molecule has 4 heteroatoms. The second kappa shape index (κ2) is 5.10. The molecule has 1 aromatic heterocycles. The van der Waals surface area contributed by atoms with Crippen LogP contribution in [0, 0.1) is 0 Å². The Balaban J connectivity index is 1.67. The largest absolute Gasteiger partial charge is 0.454 e. The molecule has 0 fully saturated rings. The first-order valence-corrected chi connectivity index (χ1v) is 6.16. The Hall–Kier alpha value is -2.36. The molecule has 0 saturated carbocycles. The number of ketones is 1. The molecule has 96 valence electrons. The van der Waals surface area contributed by atoms with Crippen LogP contribution in [0.1, 0.15) is 22.5 Å². The molecule has 0 aliphatic carbocycles. The first kappa shape index (κ1) is 11.7. The van der Waals surface area contributed by atoms with Gasteiger partial charge in [-0.05, 0) is 36.8 Å². The van der Waals surface area contributed by atoms with Crippen molar-refractivity contribution in [3.8, 4) is 11.5 Å². The molecule has 1 aliphatic rings. The second-order valence-electron chi connectivity index (χ2n) is 4.31. The van der Waals surface area contributed by atoms with Crippen molar-refractivity contribution < 1.29 is 14.3 Å². The van der Waals surface area contributed by atoms with E-state index >= 15 is 0 Å². The maximum atomic E-state index is 12.1. The van der Waals surface area contributed by atoms with E-state index in [1.165, 1.54) is 0 Å². The summed E-state index contributed by atoms with van der Waals surface area (Å²) in [6, 6.07) is 11.0. The molecule has 0 amide bonds. The fourth-order valence-corrected chi connectivity index (χ4v) is 2.00. The zero-order chi connectivity index (χ0) is 13.1. The number of rotatable bonds is 4. The Bertz CT molecular complexity index is 596. The highest BCUT2D eigenvalue weighted by Gasteiger charge is 2.16. The van der Waals surface area contributed by atoms with Crippen LogP contribution in [0.15, 0.2) is 42.6 Å². The molecular weight excluding hydrogens is 242 g/mol. The van der Waals surface area contributed by atoms with Gasteiger partial charge in [0, 0.05) is 23.9 Å². The van der Waals surface area contributed by atoms with Crippen LogP contribution in [0.4, 0.5) is 0 Å². The molecule has 4 nitrogen and oxygen atoms in total. The smallest absolute Gasteiger partial charge is 0.231 e. The zero-order valence-corrected chi connectivity index (χ0v) is 10.3. The van der Waals surface area contributed by atoms with Gasteiger partial charge in [-0.1, -0.05) is 6.07 Å². The van der Waals surface area contributed by atoms with Crippen LogP contribution in [0.3, 0.4) is 0 Å². The minimum Gasteiger partial charge on any atom is -0.454 e. The van der Waals surface area contributed by atoms with E-state index in [-0.39, 0.29) is 12.6 Å². The average Bonchev–Trinajstić information content (AvgIpc) is 2.93. The molecule has 0 saturated heterocycles. The lowest BCUT2D eigenvalue weighted by molar-refractivity contribution is 0.0982. The monoisotopic (exact) mass is 255 g/mol. The van der Waals surface area contributed by atoms with E-state index in [2.05, 4.69) is 4.98 Å². The SMILES string of the molecule is O=C(CCc1ccccn1)c1ccc2c(c1)OCO2. The minimum absolute atomic E-state index is 0.0870. The van der Waals surface area contributed by atoms with Gasteiger partial charge in [-0.25, -0.2) is 0 Å². The van der Waals surface area contributed by atoms with Crippen molar-refractivity contribution in [1.29, 1.82) is 0 Å². The highest BCUT2D eigenvalue weighted by atomic mass is 16.7. The molecule has 0 spiro atoms. The summed E-state index contributed by atoms with van der Waals surface area (Å²) in [4.78, 5) is 16.3. The number of ether oxygens (including phenoxy) is 2. The van der Waals surface area contributed by atoms with Gasteiger partial charge in [-0.2, -0.15) is 0 Å². The van der Waals surface area contributed by atoms with E-state index < -0.39 is 0 Å². The Kier molecular flexibility index (Phi) is 3.14. The van der Waals surface area contributed by atoms with Crippen LogP contribution in [-0.4, -0.2) is 17.6 Å². The predicted octanol–water partition coefficient (Wildman–Crippen LogP) is 2.63. The van der Waals surface area contributed by atoms with Gasteiger partial charge in [0.25, 0.3) is 0 Å². The van der Waals surface area contributed by atoms with E-state index in [0.717, 1.165) is 5.69 Å². The summed E-state index contributed by atoms with van der Waals surface area (Å²) >= 11 is 0. The number of fused-ring (bicyclic) bond motifs is 1. The summed E-state index contributed by atoms with van der Waals surface area (Å²) in [7, 11) is 0. The maximum Gasteiger partial charge on any atom is 0.231 e. The Labute approximate surface area is 111 Å². The Morgan fingerprint density at radius 1 is 1.16 bits per heavy atom. The van der Waals surface area contributed by atoms with E-state index in [1.807, 2.05) is 18.2 Å². The van der Waals surface area contributed by atoms with Gasteiger partial charge in [0.1, 0.15) is 0 Å². The van der Waals surface area contributed by atoms with E-state index in [9.17, 15) is 4.79 Å². The van der Waals surface area contributed by atoms with Crippen molar-refractivity contribution in [1.82, 2.24) is 4.98 Å². The molecule has 1 aliphatic heterocycles. The van der Waals surface area contributed by atoms with Crippen molar-refractivity contribution in [2.24, 2.45) is 0 Å². The molecule has 2 heterocycles. The molecule has 2 aromatic rings. The lowest BCUT2D eigenvalue weighted by Gasteiger charge is -2.02. The summed E-state index contributed by atoms with van der Waals surface area (Å²) in [5.74, 6) is 1.42. The third-order valence-corrected chi connectivity index (χ3v) is 3.03. The molecule has 0 bridgehead atoms. The van der Waals surface area contributed by atoms with Crippen molar-refractivity contribution in [3.05, 3.63) is 53.9 Å². The lowest BCUT2D eigenvalue weighted by atomic mass is 10.0. The molecular formula is C15H13NO3. The summed E-state index contributed by atoms with van der Waals surface area (Å²) in [5.41, 5.74) is 1.58. The number of benzene rings is 1. The Morgan fingerprint density at radius 3 is 2.89 bits per heavy atom. The third kappa shape index (κ3) is 2.57. The van der Waals surface area contributed by atoms with Gasteiger partial charge in [-0.3, -0.25) is 9.78 Å². The van der Waals surface area contributed by atoms with E-state index in [1.54, 1.807) is 24.4 Å². The third-order valence-electron chi connectivity index (χ3n) is 3.03. The molecule has 0 unspecified atom stereocenters. The Morgan fingerprint density at radius 2 is 2.05 bits per heavy atom. The number of carbonyl (C=O) groups is 1. The summed E-state index contributed by atoms with van der Waals surface area (Å²) in [5, 5.41) is 0. The van der Waals surface area contributed by atoms with Crippen LogP contribution >= 0.6 is 0 Å². The summed E-state index contributed by atoms with van der Waals surface area (Å²) < 4.78 is 10.5. The molecule has 1 aromatic carbocycles. The predicted molar refractivity (Wildman–Crippen MR) is 69.5 cm³/mol. The average molecular weight is 255 g/mol. The zero-order valence-electron chi connectivity index (χ0n) is 10.3. The van der Waals surface area contributed by atoms with Gasteiger partial charge in [0.05, 0.1) is 0 Å². The van der Waals surface area contributed by atoms with Gasteiger partial charge < -0.3 is 9.47 Å². The molecule has 0 atom stereocenters. The normalized spacial score (nSPS) is 12.4. The standard InChI is InChI=1S/C15H13NO3/c17-13(6-5-12-3-1-2-8-16-12)11-4-7-14-15(9-11)19-10-18-14/h1-4,7-9H,5-6,10H2. The molecule has 3 rings (SSSR count). The van der Waals surface area contributed by atoms with Crippen LogP contribution in [-0.2, 0) is 6.42 Å². The van der Waals surface area contributed by atoms with Crippen LogP contribution in [0.2, 0.25) is 0 Å². The van der Waals surface area contributed by atoms with Gasteiger partial charge in [0.15, 0.2) is 17.3 Å². The van der Waals surface area contributed by atoms with Gasteiger partial charge >= 0.3 is 0 Å². The molecule has 0 radical (unpaired) electrons. The molecule has 19 heavy (non-hydrogen) atoms.